The number of aryl methyl sites for hydroxylation is 1. The first-order valence-corrected chi connectivity index (χ1v) is 9.66. The van der Waals surface area contributed by atoms with Crippen molar-refractivity contribution in [3.8, 4) is 23.0 Å². The number of carbonyl (C=O) groups is 1. The monoisotopic (exact) mass is 421 g/mol. The largest absolute Gasteiger partial charge is 0.484 e. The molecule has 0 aliphatic heterocycles. The molecule has 0 bridgehead atoms. The van der Waals surface area contributed by atoms with E-state index in [2.05, 4.69) is 20.6 Å². The van der Waals surface area contributed by atoms with Crippen molar-refractivity contribution in [3.63, 3.8) is 0 Å². The van der Waals surface area contributed by atoms with Crippen LogP contribution in [0.3, 0.4) is 0 Å². The summed E-state index contributed by atoms with van der Waals surface area (Å²) in [6.07, 6.45) is 0. The Bertz CT molecular complexity index is 1210. The van der Waals surface area contributed by atoms with E-state index < -0.39 is 0 Å². The fraction of sp³-hybridized carbons (Fsp3) is 0.182. The van der Waals surface area contributed by atoms with E-state index >= 15 is 0 Å². The lowest BCUT2D eigenvalue weighted by molar-refractivity contribution is -0.123. The molecule has 9 heteroatoms. The van der Waals surface area contributed by atoms with Crippen LogP contribution in [0.4, 0.5) is 4.39 Å². The number of amides is 1. The van der Waals surface area contributed by atoms with Gasteiger partial charge in [0.2, 0.25) is 5.88 Å². The molecule has 0 saturated carbocycles. The maximum Gasteiger partial charge on any atom is 0.258 e. The molecular weight excluding hydrogens is 401 g/mol. The summed E-state index contributed by atoms with van der Waals surface area (Å²) in [6.45, 7) is 2.38. The van der Waals surface area contributed by atoms with E-state index in [4.69, 9.17) is 9.47 Å². The molecule has 2 aromatic carbocycles. The van der Waals surface area contributed by atoms with Crippen molar-refractivity contribution in [3.05, 3.63) is 72.0 Å². The van der Waals surface area contributed by atoms with Crippen LogP contribution in [0, 0.1) is 12.7 Å². The fourth-order valence-corrected chi connectivity index (χ4v) is 2.91. The third kappa shape index (κ3) is 5.13. The second-order valence-electron chi connectivity index (χ2n) is 6.78. The summed E-state index contributed by atoms with van der Waals surface area (Å²) < 4.78 is 26.1. The Morgan fingerprint density at radius 3 is 2.77 bits per heavy atom. The SMILES string of the molecule is Cc1cccc(OCC(=O)NCCOc2ccc3nnc(-c4cccc(F)c4)n3n2)c1. The Labute approximate surface area is 177 Å². The van der Waals surface area contributed by atoms with Gasteiger partial charge in [0.15, 0.2) is 18.1 Å². The highest BCUT2D eigenvalue weighted by atomic mass is 19.1. The molecule has 1 amide bonds. The molecular formula is C22H20FN5O3. The van der Waals surface area contributed by atoms with E-state index in [-0.39, 0.29) is 31.5 Å². The lowest BCUT2D eigenvalue weighted by Gasteiger charge is -2.09. The minimum atomic E-state index is -0.372. The van der Waals surface area contributed by atoms with Gasteiger partial charge < -0.3 is 14.8 Å². The van der Waals surface area contributed by atoms with Crippen molar-refractivity contribution in [1.82, 2.24) is 25.1 Å². The summed E-state index contributed by atoms with van der Waals surface area (Å²) in [7, 11) is 0. The lowest BCUT2D eigenvalue weighted by Crippen LogP contribution is -2.32. The standard InChI is InChI=1S/C22H20FN5O3/c1-15-4-2-7-18(12-15)31-14-20(29)24-10-11-30-21-9-8-19-25-26-22(28(19)27-21)16-5-3-6-17(23)13-16/h2-9,12-13H,10-11,14H2,1H3,(H,24,29). The van der Waals surface area contributed by atoms with Gasteiger partial charge in [-0.05, 0) is 42.8 Å². The highest BCUT2D eigenvalue weighted by molar-refractivity contribution is 5.77. The Balaban J connectivity index is 1.30. The molecule has 1 N–H and O–H groups in total. The van der Waals surface area contributed by atoms with Gasteiger partial charge in [-0.15, -0.1) is 15.3 Å². The Hall–Kier alpha value is -4.01. The lowest BCUT2D eigenvalue weighted by atomic mass is 10.2. The van der Waals surface area contributed by atoms with E-state index in [1.54, 1.807) is 30.3 Å². The van der Waals surface area contributed by atoms with Crippen molar-refractivity contribution in [1.29, 1.82) is 0 Å². The van der Waals surface area contributed by atoms with Crippen molar-refractivity contribution in [2.75, 3.05) is 19.8 Å². The van der Waals surface area contributed by atoms with E-state index in [9.17, 15) is 9.18 Å². The minimum absolute atomic E-state index is 0.0780. The number of nitrogens with one attached hydrogen (secondary N) is 1. The highest BCUT2D eigenvalue weighted by Crippen LogP contribution is 2.19. The van der Waals surface area contributed by atoms with Crippen LogP contribution >= 0.6 is 0 Å². The predicted octanol–water partition coefficient (Wildman–Crippen LogP) is 2.81. The van der Waals surface area contributed by atoms with Gasteiger partial charge >= 0.3 is 0 Å². The third-order valence-electron chi connectivity index (χ3n) is 4.35. The number of nitrogens with zero attached hydrogens (tertiary/aromatic N) is 4. The minimum Gasteiger partial charge on any atom is -0.484 e. The molecule has 158 valence electrons. The maximum absolute atomic E-state index is 13.5. The quantitative estimate of drug-likeness (QED) is 0.440. The number of ether oxygens (including phenoxy) is 2. The number of carbonyl (C=O) groups excluding carboxylic acids is 1. The van der Waals surface area contributed by atoms with Crippen LogP contribution in [-0.4, -0.2) is 45.5 Å². The molecule has 0 unspecified atom stereocenters. The number of halogens is 1. The molecule has 31 heavy (non-hydrogen) atoms. The molecule has 4 aromatic rings. The third-order valence-corrected chi connectivity index (χ3v) is 4.35. The molecule has 2 aromatic heterocycles. The van der Waals surface area contributed by atoms with Crippen LogP contribution in [0.1, 0.15) is 5.56 Å². The van der Waals surface area contributed by atoms with Crippen LogP contribution in [0.2, 0.25) is 0 Å². The zero-order valence-electron chi connectivity index (χ0n) is 16.8. The topological polar surface area (TPSA) is 90.6 Å². The van der Waals surface area contributed by atoms with Gasteiger partial charge in [-0.3, -0.25) is 4.79 Å². The van der Waals surface area contributed by atoms with Crippen LogP contribution < -0.4 is 14.8 Å². The van der Waals surface area contributed by atoms with Gasteiger partial charge in [0.1, 0.15) is 18.2 Å². The number of aromatic nitrogens is 4. The summed E-state index contributed by atoms with van der Waals surface area (Å²) in [4.78, 5) is 11.9. The van der Waals surface area contributed by atoms with Gasteiger partial charge in [0.25, 0.3) is 5.91 Å². The second kappa shape index (κ2) is 9.21. The smallest absolute Gasteiger partial charge is 0.258 e. The van der Waals surface area contributed by atoms with E-state index in [1.807, 2.05) is 25.1 Å². The summed E-state index contributed by atoms with van der Waals surface area (Å²) in [6, 6.07) is 16.9. The molecule has 0 atom stereocenters. The Morgan fingerprint density at radius 1 is 1.06 bits per heavy atom. The first-order valence-electron chi connectivity index (χ1n) is 9.66. The second-order valence-corrected chi connectivity index (χ2v) is 6.78. The fourth-order valence-electron chi connectivity index (χ4n) is 2.91. The van der Waals surface area contributed by atoms with Crippen molar-refractivity contribution in [2.24, 2.45) is 0 Å². The van der Waals surface area contributed by atoms with Crippen LogP contribution in [0.5, 0.6) is 11.6 Å². The summed E-state index contributed by atoms with van der Waals surface area (Å²) in [5.41, 5.74) is 2.12. The Morgan fingerprint density at radius 2 is 1.94 bits per heavy atom. The zero-order valence-corrected chi connectivity index (χ0v) is 16.8. The van der Waals surface area contributed by atoms with Gasteiger partial charge in [0, 0.05) is 11.6 Å². The number of fused-ring (bicyclic) bond motifs is 1. The molecule has 2 heterocycles. The molecule has 0 aliphatic carbocycles. The summed E-state index contributed by atoms with van der Waals surface area (Å²) in [5.74, 6) is 0.758. The molecule has 8 nitrogen and oxygen atoms in total. The van der Waals surface area contributed by atoms with Crippen molar-refractivity contribution < 1.29 is 18.7 Å². The highest BCUT2D eigenvalue weighted by Gasteiger charge is 2.11. The normalized spacial score (nSPS) is 10.8. The van der Waals surface area contributed by atoms with Crippen LogP contribution in [0.25, 0.3) is 17.0 Å². The van der Waals surface area contributed by atoms with Gasteiger partial charge in [0.05, 0.1) is 6.54 Å². The predicted molar refractivity (Wildman–Crippen MR) is 111 cm³/mol. The van der Waals surface area contributed by atoms with Gasteiger partial charge in [-0.2, -0.15) is 4.52 Å². The Kier molecular flexibility index (Phi) is 6.02. The average molecular weight is 421 g/mol. The van der Waals surface area contributed by atoms with Gasteiger partial charge in [-0.25, -0.2) is 4.39 Å². The molecule has 0 fully saturated rings. The first-order chi connectivity index (χ1) is 15.1. The van der Waals surface area contributed by atoms with Crippen LogP contribution in [-0.2, 0) is 4.79 Å². The number of rotatable bonds is 8. The van der Waals surface area contributed by atoms with Gasteiger partial charge in [-0.1, -0.05) is 24.3 Å². The molecule has 0 radical (unpaired) electrons. The molecule has 0 saturated heterocycles. The first kappa shape index (κ1) is 20.3. The zero-order chi connectivity index (χ0) is 21.6. The summed E-state index contributed by atoms with van der Waals surface area (Å²) in [5, 5.41) is 15.2. The maximum atomic E-state index is 13.5. The summed E-state index contributed by atoms with van der Waals surface area (Å²) >= 11 is 0. The van der Waals surface area contributed by atoms with Crippen LogP contribution in [0.15, 0.2) is 60.7 Å². The average Bonchev–Trinajstić information content (AvgIpc) is 3.19. The molecule has 0 spiro atoms. The van der Waals surface area contributed by atoms with E-state index in [1.165, 1.54) is 16.6 Å². The number of hydrogen-bond acceptors (Lipinski definition) is 6. The molecule has 4 rings (SSSR count). The van der Waals surface area contributed by atoms with Crippen molar-refractivity contribution >= 4 is 11.6 Å². The number of hydrogen-bond donors (Lipinski definition) is 1. The van der Waals surface area contributed by atoms with Crippen molar-refractivity contribution in [2.45, 2.75) is 6.92 Å². The molecule has 0 aliphatic rings. The van der Waals surface area contributed by atoms with E-state index in [0.717, 1.165) is 5.56 Å². The number of benzene rings is 2. The van der Waals surface area contributed by atoms with E-state index in [0.29, 0.717) is 28.7 Å².